The summed E-state index contributed by atoms with van der Waals surface area (Å²) in [5, 5.41) is 0. The van der Waals surface area contributed by atoms with Gasteiger partial charge in [-0.25, -0.2) is 0 Å². The molecule has 31 heavy (non-hydrogen) atoms. The topological polar surface area (TPSA) is 70.2 Å². The standard InChI is InChI=1S/C24H33N3O4/c1-17-6-5-9-21(18(17)2)25-10-12-26(13-11-25)23(29)16-31-24(30)19-14-22(28)27(15-19)20-7-3-4-8-20/h5-6,9,19-20H,3-4,7-8,10-16H2,1-2H3/t19-/m0/s1. The highest BCUT2D eigenvalue weighted by molar-refractivity contribution is 5.88. The number of carbonyl (C=O) groups excluding carboxylic acids is 3. The number of anilines is 1. The highest BCUT2D eigenvalue weighted by Crippen LogP contribution is 2.30. The fraction of sp³-hybridized carbons (Fsp3) is 0.625. The molecule has 1 aliphatic carbocycles. The van der Waals surface area contributed by atoms with Crippen LogP contribution in [-0.2, 0) is 19.1 Å². The third-order valence-electron chi connectivity index (χ3n) is 7.14. The number of carbonyl (C=O) groups is 3. The maximum atomic E-state index is 12.6. The molecule has 2 amide bonds. The Labute approximate surface area is 184 Å². The molecule has 0 bridgehead atoms. The van der Waals surface area contributed by atoms with Gasteiger partial charge in [0.15, 0.2) is 6.61 Å². The van der Waals surface area contributed by atoms with Crippen LogP contribution >= 0.6 is 0 Å². The largest absolute Gasteiger partial charge is 0.455 e. The number of esters is 1. The Hall–Kier alpha value is -2.57. The van der Waals surface area contributed by atoms with Crippen molar-refractivity contribution in [1.82, 2.24) is 9.80 Å². The summed E-state index contributed by atoms with van der Waals surface area (Å²) in [7, 11) is 0. The molecule has 2 saturated heterocycles. The maximum Gasteiger partial charge on any atom is 0.311 e. The number of ether oxygens (including phenoxy) is 1. The molecule has 1 saturated carbocycles. The first kappa shape index (κ1) is 21.7. The van der Waals surface area contributed by atoms with Crippen molar-refractivity contribution in [3.8, 4) is 0 Å². The van der Waals surface area contributed by atoms with Gasteiger partial charge in [0, 0.05) is 50.9 Å². The molecule has 0 unspecified atom stereocenters. The van der Waals surface area contributed by atoms with E-state index < -0.39 is 11.9 Å². The van der Waals surface area contributed by atoms with Gasteiger partial charge < -0.3 is 19.4 Å². The van der Waals surface area contributed by atoms with Gasteiger partial charge in [0.1, 0.15) is 0 Å². The number of amides is 2. The van der Waals surface area contributed by atoms with E-state index in [0.29, 0.717) is 19.6 Å². The van der Waals surface area contributed by atoms with Gasteiger partial charge in [-0.15, -0.1) is 0 Å². The third-order valence-corrected chi connectivity index (χ3v) is 7.14. The zero-order chi connectivity index (χ0) is 22.0. The highest BCUT2D eigenvalue weighted by Gasteiger charge is 2.39. The van der Waals surface area contributed by atoms with Crippen LogP contribution < -0.4 is 4.90 Å². The van der Waals surface area contributed by atoms with E-state index in [-0.39, 0.29) is 30.9 Å². The minimum absolute atomic E-state index is 0.0442. The molecule has 168 valence electrons. The Kier molecular flexibility index (Phi) is 6.49. The second-order valence-electron chi connectivity index (χ2n) is 9.08. The number of benzene rings is 1. The Morgan fingerprint density at radius 2 is 1.77 bits per heavy atom. The van der Waals surface area contributed by atoms with E-state index in [1.807, 2.05) is 4.90 Å². The lowest BCUT2D eigenvalue weighted by atomic mass is 10.1. The van der Waals surface area contributed by atoms with E-state index in [1.165, 1.54) is 16.8 Å². The number of hydrogen-bond acceptors (Lipinski definition) is 5. The van der Waals surface area contributed by atoms with Crippen molar-refractivity contribution < 1.29 is 19.1 Å². The van der Waals surface area contributed by atoms with Gasteiger partial charge in [-0.05, 0) is 43.9 Å². The summed E-state index contributed by atoms with van der Waals surface area (Å²) < 4.78 is 5.32. The molecule has 4 rings (SSSR count). The van der Waals surface area contributed by atoms with Gasteiger partial charge in [0.2, 0.25) is 5.91 Å². The van der Waals surface area contributed by atoms with Gasteiger partial charge in [0.25, 0.3) is 5.91 Å². The van der Waals surface area contributed by atoms with Crippen molar-refractivity contribution in [2.45, 2.75) is 52.0 Å². The van der Waals surface area contributed by atoms with E-state index >= 15 is 0 Å². The summed E-state index contributed by atoms with van der Waals surface area (Å²) in [5.74, 6) is -0.980. The van der Waals surface area contributed by atoms with Crippen LogP contribution in [0.4, 0.5) is 5.69 Å². The molecule has 7 nitrogen and oxygen atoms in total. The average molecular weight is 428 g/mol. The van der Waals surface area contributed by atoms with Crippen molar-refractivity contribution in [3.63, 3.8) is 0 Å². The van der Waals surface area contributed by atoms with Gasteiger partial charge in [0.05, 0.1) is 5.92 Å². The Bertz CT molecular complexity index is 841. The maximum absolute atomic E-state index is 12.6. The number of aryl methyl sites for hydroxylation is 1. The Morgan fingerprint density at radius 3 is 2.48 bits per heavy atom. The summed E-state index contributed by atoms with van der Waals surface area (Å²) in [6.07, 6.45) is 4.56. The van der Waals surface area contributed by atoms with Crippen LogP contribution in [-0.4, -0.2) is 73.0 Å². The van der Waals surface area contributed by atoms with Crippen LogP contribution in [0, 0.1) is 19.8 Å². The quantitative estimate of drug-likeness (QED) is 0.675. The molecular weight excluding hydrogens is 394 g/mol. The zero-order valence-electron chi connectivity index (χ0n) is 18.6. The van der Waals surface area contributed by atoms with Gasteiger partial charge in [-0.3, -0.25) is 14.4 Å². The van der Waals surface area contributed by atoms with E-state index in [0.717, 1.165) is 38.8 Å². The normalized spacial score (nSPS) is 22.3. The molecule has 1 atom stereocenters. The molecule has 0 N–H and O–H groups in total. The SMILES string of the molecule is Cc1cccc(N2CCN(C(=O)COC(=O)[C@H]3CC(=O)N(C4CCCC4)C3)CC2)c1C. The van der Waals surface area contributed by atoms with E-state index in [1.54, 1.807) is 4.90 Å². The van der Waals surface area contributed by atoms with Crippen molar-refractivity contribution >= 4 is 23.5 Å². The first-order valence-electron chi connectivity index (χ1n) is 11.5. The van der Waals surface area contributed by atoms with Crippen molar-refractivity contribution in [2.24, 2.45) is 5.92 Å². The van der Waals surface area contributed by atoms with Crippen LogP contribution in [0.3, 0.4) is 0 Å². The number of hydrogen-bond donors (Lipinski definition) is 0. The summed E-state index contributed by atoms with van der Waals surface area (Å²) in [6, 6.07) is 6.58. The van der Waals surface area contributed by atoms with Crippen LogP contribution in [0.5, 0.6) is 0 Å². The molecule has 7 heteroatoms. The van der Waals surface area contributed by atoms with Crippen LogP contribution in [0.15, 0.2) is 18.2 Å². The molecule has 2 aliphatic heterocycles. The number of likely N-dealkylation sites (tertiary alicyclic amines) is 1. The first-order chi connectivity index (χ1) is 14.9. The van der Waals surface area contributed by atoms with Gasteiger partial charge >= 0.3 is 5.97 Å². The lowest BCUT2D eigenvalue weighted by Crippen LogP contribution is -2.50. The molecular formula is C24H33N3O4. The molecule has 3 aliphatic rings. The summed E-state index contributed by atoms with van der Waals surface area (Å²) in [5.41, 5.74) is 3.75. The molecule has 0 spiro atoms. The molecule has 1 aromatic carbocycles. The summed E-state index contributed by atoms with van der Waals surface area (Å²) in [6.45, 7) is 7.18. The average Bonchev–Trinajstić information content (AvgIpc) is 3.43. The first-order valence-corrected chi connectivity index (χ1v) is 11.5. The van der Waals surface area contributed by atoms with Crippen LogP contribution in [0.1, 0.15) is 43.2 Å². The number of nitrogens with zero attached hydrogens (tertiary/aromatic N) is 3. The Balaban J connectivity index is 1.23. The highest BCUT2D eigenvalue weighted by atomic mass is 16.5. The number of rotatable bonds is 5. The summed E-state index contributed by atoms with van der Waals surface area (Å²) >= 11 is 0. The second kappa shape index (κ2) is 9.28. The van der Waals surface area contributed by atoms with Crippen LogP contribution in [0.25, 0.3) is 0 Å². The smallest absolute Gasteiger partial charge is 0.311 e. The van der Waals surface area contributed by atoms with Crippen molar-refractivity contribution in [1.29, 1.82) is 0 Å². The fourth-order valence-corrected chi connectivity index (χ4v) is 5.08. The van der Waals surface area contributed by atoms with E-state index in [2.05, 4.69) is 36.9 Å². The second-order valence-corrected chi connectivity index (χ2v) is 9.08. The lowest BCUT2D eigenvalue weighted by Gasteiger charge is -2.37. The Morgan fingerprint density at radius 1 is 1.06 bits per heavy atom. The van der Waals surface area contributed by atoms with Gasteiger partial charge in [-0.1, -0.05) is 25.0 Å². The minimum Gasteiger partial charge on any atom is -0.455 e. The molecule has 1 aromatic rings. The molecule has 0 aromatic heterocycles. The lowest BCUT2D eigenvalue weighted by molar-refractivity contribution is -0.155. The minimum atomic E-state index is -0.443. The molecule has 3 fully saturated rings. The van der Waals surface area contributed by atoms with Crippen molar-refractivity contribution in [2.75, 3.05) is 44.2 Å². The number of piperazine rings is 1. The van der Waals surface area contributed by atoms with Crippen LogP contribution in [0.2, 0.25) is 0 Å². The fourth-order valence-electron chi connectivity index (χ4n) is 5.08. The van der Waals surface area contributed by atoms with Crippen molar-refractivity contribution in [3.05, 3.63) is 29.3 Å². The third kappa shape index (κ3) is 4.70. The zero-order valence-corrected chi connectivity index (χ0v) is 18.6. The predicted octanol–water partition coefficient (Wildman–Crippen LogP) is 2.29. The van der Waals surface area contributed by atoms with E-state index in [4.69, 9.17) is 4.74 Å². The predicted molar refractivity (Wildman–Crippen MR) is 118 cm³/mol. The van der Waals surface area contributed by atoms with E-state index in [9.17, 15) is 14.4 Å². The van der Waals surface area contributed by atoms with Gasteiger partial charge in [-0.2, -0.15) is 0 Å². The molecule has 0 radical (unpaired) electrons. The molecule has 2 heterocycles. The monoisotopic (exact) mass is 427 g/mol. The summed E-state index contributed by atoms with van der Waals surface area (Å²) in [4.78, 5) is 43.3.